The number of aromatic amines is 1. The molecule has 1 aliphatic heterocycles. The van der Waals surface area contributed by atoms with Crippen molar-refractivity contribution in [2.24, 2.45) is 4.40 Å². The number of nitrogens with one attached hydrogen (secondary N) is 1. The molecule has 2 heterocycles. The number of ether oxygens (including phenoxy) is 1. The lowest BCUT2D eigenvalue weighted by Gasteiger charge is -2.17. The van der Waals surface area contributed by atoms with Crippen LogP contribution in [0.3, 0.4) is 0 Å². The van der Waals surface area contributed by atoms with Crippen molar-refractivity contribution in [1.82, 2.24) is 0 Å². The number of fused-ring (bicyclic) bond motifs is 1. The molecule has 0 unspecified atom stereocenters. The van der Waals surface area contributed by atoms with Crippen LogP contribution in [0.2, 0.25) is 5.02 Å². The predicted octanol–water partition coefficient (Wildman–Crippen LogP) is 3.14. The quantitative estimate of drug-likeness (QED) is 0.377. The predicted molar refractivity (Wildman–Crippen MR) is 123 cm³/mol. The number of thioether (sulfide) groups is 1. The Morgan fingerprint density at radius 1 is 1.32 bits per heavy atom. The number of benzene rings is 1. The highest BCUT2D eigenvalue weighted by Crippen LogP contribution is 2.38. The summed E-state index contributed by atoms with van der Waals surface area (Å²) in [4.78, 5) is 17.1. The van der Waals surface area contributed by atoms with E-state index in [4.69, 9.17) is 21.7 Å². The summed E-state index contributed by atoms with van der Waals surface area (Å²) in [7, 11) is 0.0410. The standard InChI is InChI=1S/C13H10ClN2O4S2.C7H10N2/c1-3-20-13(17)8(6-15)12-16-22(18,19)11-4-7(2)9(14)5-10(11)21-12;1-9(2)7-3-5-8-6-4-7/h4-5H,3H2,1-2H3;3-6H,1-2H3/q-1;/p+1. The molecular formula is C20H21ClN4O4S2. The molecule has 8 nitrogen and oxygen atoms in total. The summed E-state index contributed by atoms with van der Waals surface area (Å²) in [6.07, 6.45) is 3.82. The van der Waals surface area contributed by atoms with Crippen LogP contribution in [0.4, 0.5) is 5.69 Å². The van der Waals surface area contributed by atoms with Gasteiger partial charge in [0.1, 0.15) is 15.5 Å². The minimum Gasteiger partial charge on any atom is -0.763 e. The fourth-order valence-corrected chi connectivity index (χ4v) is 5.29. The first kappa shape index (κ1) is 24.6. The van der Waals surface area contributed by atoms with Gasteiger partial charge in [-0.3, -0.25) is 5.87 Å². The van der Waals surface area contributed by atoms with Crippen molar-refractivity contribution in [2.75, 3.05) is 25.6 Å². The molecule has 0 fully saturated rings. The molecule has 1 aromatic carbocycles. The molecule has 0 bridgehead atoms. The van der Waals surface area contributed by atoms with E-state index >= 15 is 0 Å². The van der Waals surface area contributed by atoms with Crippen LogP contribution in [0.1, 0.15) is 12.5 Å². The van der Waals surface area contributed by atoms with E-state index in [0.29, 0.717) is 15.5 Å². The number of sulfonamides is 1. The average molecular weight is 481 g/mol. The van der Waals surface area contributed by atoms with Gasteiger partial charge in [-0.15, -0.1) is 0 Å². The summed E-state index contributed by atoms with van der Waals surface area (Å²) in [6, 6.07) is 6.94. The van der Waals surface area contributed by atoms with Gasteiger partial charge in [0.2, 0.25) is 0 Å². The first-order chi connectivity index (χ1) is 14.6. The Morgan fingerprint density at radius 3 is 2.48 bits per heavy atom. The number of carbonyl (C=O) groups is 1. The lowest BCUT2D eigenvalue weighted by atomic mass is 10.2. The van der Waals surface area contributed by atoms with Crippen molar-refractivity contribution in [3.63, 3.8) is 0 Å². The molecular weight excluding hydrogens is 460 g/mol. The summed E-state index contributed by atoms with van der Waals surface area (Å²) in [5.74, 6) is 0.735. The molecule has 0 saturated carbocycles. The molecule has 2 aromatic rings. The lowest BCUT2D eigenvalue weighted by Crippen LogP contribution is -2.18. The molecule has 1 N–H and O–H groups in total. The first-order valence-electron chi connectivity index (χ1n) is 9.01. The second kappa shape index (κ2) is 10.6. The number of esters is 1. The average Bonchev–Trinajstić information content (AvgIpc) is 2.71. The fraction of sp³-hybridized carbons (Fsp3) is 0.250. The van der Waals surface area contributed by atoms with E-state index in [0.717, 1.165) is 11.8 Å². The molecule has 0 atom stereocenters. The van der Waals surface area contributed by atoms with Crippen molar-refractivity contribution < 1.29 is 22.9 Å². The Labute approximate surface area is 190 Å². The molecule has 1 aromatic heterocycles. The minimum absolute atomic E-state index is 0.00398. The highest BCUT2D eigenvalue weighted by atomic mass is 35.5. The number of hydrogen-bond donors (Lipinski definition) is 0. The maximum absolute atomic E-state index is 12.2. The number of carbonyl (C=O) groups excluding carboxylic acids is 1. The monoisotopic (exact) mass is 480 g/mol. The van der Waals surface area contributed by atoms with E-state index < -0.39 is 21.6 Å². The van der Waals surface area contributed by atoms with Crippen molar-refractivity contribution >= 4 is 56.0 Å². The van der Waals surface area contributed by atoms with E-state index in [2.05, 4.69) is 14.3 Å². The molecule has 0 radical (unpaired) electrons. The number of hydrogen-bond acceptors (Lipinski definition) is 6. The Balaban J connectivity index is 0.000000316. The maximum atomic E-state index is 12.2. The van der Waals surface area contributed by atoms with Gasteiger partial charge in [0.05, 0.1) is 6.61 Å². The van der Waals surface area contributed by atoms with Gasteiger partial charge in [-0.05, 0) is 31.5 Å². The van der Waals surface area contributed by atoms with E-state index in [1.54, 1.807) is 19.7 Å². The van der Waals surface area contributed by atoms with Crippen molar-refractivity contribution in [3.8, 4) is 0 Å². The lowest BCUT2D eigenvalue weighted by molar-refractivity contribution is -0.377. The summed E-state index contributed by atoms with van der Waals surface area (Å²) >= 11 is 6.90. The number of pyridine rings is 1. The number of rotatable bonds is 4. The normalized spacial score (nSPS) is 13.5. The number of halogens is 1. The van der Waals surface area contributed by atoms with Gasteiger partial charge < -0.3 is 15.0 Å². The van der Waals surface area contributed by atoms with Gasteiger partial charge in [-0.2, -0.15) is 12.8 Å². The highest BCUT2D eigenvalue weighted by Gasteiger charge is 2.30. The van der Waals surface area contributed by atoms with E-state index in [1.807, 2.05) is 38.6 Å². The summed E-state index contributed by atoms with van der Waals surface area (Å²) in [5, 5.41) is 9.26. The Bertz CT molecular complexity index is 1160. The Hall–Kier alpha value is -2.65. The summed E-state index contributed by atoms with van der Waals surface area (Å²) in [5.41, 5.74) is 1.37. The third-order valence-electron chi connectivity index (χ3n) is 3.93. The van der Waals surface area contributed by atoms with Gasteiger partial charge in [0.25, 0.3) is 10.0 Å². The number of anilines is 1. The molecule has 0 saturated heterocycles. The van der Waals surface area contributed by atoms with Crippen LogP contribution < -0.4 is 9.88 Å². The van der Waals surface area contributed by atoms with Crippen LogP contribution in [-0.4, -0.2) is 46.0 Å². The minimum atomic E-state index is -4.01. The Morgan fingerprint density at radius 2 is 1.97 bits per heavy atom. The maximum Gasteiger partial charge on any atom is 0.347 e. The summed E-state index contributed by atoms with van der Waals surface area (Å²) < 4.78 is 32.7. The van der Waals surface area contributed by atoms with E-state index in [9.17, 15) is 13.2 Å². The first-order valence-corrected chi connectivity index (χ1v) is 11.6. The molecule has 0 amide bonds. The number of H-pyrrole nitrogens is 1. The smallest absolute Gasteiger partial charge is 0.347 e. The van der Waals surface area contributed by atoms with Crippen molar-refractivity contribution in [3.05, 3.63) is 58.2 Å². The van der Waals surface area contributed by atoms with E-state index in [-0.39, 0.29) is 16.5 Å². The zero-order valence-corrected chi connectivity index (χ0v) is 19.7. The van der Waals surface area contributed by atoms with Gasteiger partial charge in [0.15, 0.2) is 12.4 Å². The second-order valence-corrected chi connectivity index (χ2v) is 9.39. The van der Waals surface area contributed by atoms with Crippen LogP contribution in [0.25, 0.3) is 5.41 Å². The van der Waals surface area contributed by atoms with Crippen molar-refractivity contribution in [2.45, 2.75) is 23.6 Å². The number of nitrogens with zero attached hydrogens (tertiary/aromatic N) is 3. The van der Waals surface area contributed by atoms with Gasteiger partial charge in [-0.25, -0.2) is 9.78 Å². The topological polar surface area (TPSA) is 112 Å². The molecule has 164 valence electrons. The summed E-state index contributed by atoms with van der Waals surface area (Å²) in [6.45, 7) is 3.32. The highest BCUT2D eigenvalue weighted by molar-refractivity contribution is 8.16. The molecule has 0 aliphatic carbocycles. The third kappa shape index (κ3) is 6.18. The largest absolute Gasteiger partial charge is 0.763 e. The SMILES string of the molecule is CCOC(=O)C(=C=[N-])C1=NS(=O)(=O)c2cc(C)c(Cl)cc2S1.CN(C)c1cc[nH+]cc1. The van der Waals surface area contributed by atoms with Gasteiger partial charge >= 0.3 is 5.97 Å². The van der Waals surface area contributed by atoms with Crippen LogP contribution in [0.5, 0.6) is 0 Å². The molecule has 3 rings (SSSR count). The number of aryl methyl sites for hydroxylation is 1. The second-order valence-electron chi connectivity index (χ2n) is 6.38. The molecule has 1 aliphatic rings. The number of aromatic nitrogens is 1. The third-order valence-corrected chi connectivity index (χ3v) is 6.95. The molecule has 11 heteroatoms. The van der Waals surface area contributed by atoms with Gasteiger partial charge in [0, 0.05) is 41.8 Å². The van der Waals surface area contributed by atoms with E-state index in [1.165, 1.54) is 17.8 Å². The van der Waals surface area contributed by atoms with Crippen LogP contribution in [-0.2, 0) is 19.6 Å². The van der Waals surface area contributed by atoms with Gasteiger partial charge in [-0.1, -0.05) is 23.4 Å². The molecule has 31 heavy (non-hydrogen) atoms. The molecule has 0 spiro atoms. The fourth-order valence-electron chi connectivity index (χ4n) is 2.36. The van der Waals surface area contributed by atoms with Crippen LogP contribution in [0, 0.1) is 6.92 Å². The van der Waals surface area contributed by atoms with Crippen LogP contribution >= 0.6 is 23.4 Å². The Kier molecular flexibility index (Phi) is 8.41. The zero-order chi connectivity index (χ0) is 23.2. The zero-order valence-electron chi connectivity index (χ0n) is 17.3. The van der Waals surface area contributed by atoms with Crippen molar-refractivity contribution in [1.29, 1.82) is 0 Å². The van der Waals surface area contributed by atoms with Crippen LogP contribution in [0.15, 0.2) is 56.4 Å².